The molecule has 1 atom stereocenters. The maximum Gasteiger partial charge on any atom is 0.267 e. The third-order valence-electron chi connectivity index (χ3n) is 5.41. The van der Waals surface area contributed by atoms with Gasteiger partial charge >= 0.3 is 0 Å². The van der Waals surface area contributed by atoms with Gasteiger partial charge in [-0.05, 0) is 49.2 Å². The van der Waals surface area contributed by atoms with Gasteiger partial charge in [-0.2, -0.15) is 4.31 Å². The van der Waals surface area contributed by atoms with Gasteiger partial charge in [-0.25, -0.2) is 8.42 Å². The summed E-state index contributed by atoms with van der Waals surface area (Å²) in [5.74, 6) is 0.961. The number of hydrogen-bond donors (Lipinski definition) is 0. The second-order valence-corrected chi connectivity index (χ2v) is 9.77. The van der Waals surface area contributed by atoms with Crippen LogP contribution in [0.3, 0.4) is 0 Å². The average Bonchev–Trinajstić information content (AvgIpc) is 2.75. The van der Waals surface area contributed by atoms with Crippen molar-refractivity contribution in [2.75, 3.05) is 32.8 Å². The topological polar surface area (TPSA) is 76.2 Å². The zero-order valence-corrected chi connectivity index (χ0v) is 18.4. The molecule has 2 aliphatic heterocycles. The van der Waals surface area contributed by atoms with E-state index in [1.807, 2.05) is 12.1 Å². The molecule has 0 radical (unpaired) electrons. The summed E-state index contributed by atoms with van der Waals surface area (Å²) in [6.07, 6.45) is -0.732. The highest BCUT2D eigenvalue weighted by Crippen LogP contribution is 2.32. The van der Waals surface area contributed by atoms with Crippen LogP contribution in [-0.2, 0) is 14.8 Å². The van der Waals surface area contributed by atoms with E-state index in [1.54, 1.807) is 43.0 Å². The molecule has 1 amide bonds. The predicted octanol–water partition coefficient (Wildman–Crippen LogP) is 2.63. The van der Waals surface area contributed by atoms with E-state index in [0.717, 1.165) is 0 Å². The number of hydrogen-bond acceptors (Lipinski definition) is 5. The van der Waals surface area contributed by atoms with E-state index in [1.165, 1.54) is 4.31 Å². The van der Waals surface area contributed by atoms with Gasteiger partial charge in [0, 0.05) is 31.2 Å². The highest BCUT2D eigenvalue weighted by molar-refractivity contribution is 7.89. The number of benzene rings is 2. The molecule has 0 N–H and O–H groups in total. The summed E-state index contributed by atoms with van der Waals surface area (Å²) < 4.78 is 39.1. The Morgan fingerprint density at radius 2 is 1.70 bits per heavy atom. The Labute approximate surface area is 181 Å². The second-order valence-electron chi connectivity index (χ2n) is 7.46. The molecule has 4 rings (SSSR count). The SMILES string of the molecule is Cc1cc(S(=O)(=O)N2CCN(C(=O)C3COc4ccccc4O3)CC2)c(C)cc1Cl. The van der Waals surface area contributed by atoms with Crippen molar-refractivity contribution in [3.63, 3.8) is 0 Å². The lowest BCUT2D eigenvalue weighted by molar-refractivity contribution is -0.142. The van der Waals surface area contributed by atoms with Crippen molar-refractivity contribution in [3.05, 3.63) is 52.5 Å². The summed E-state index contributed by atoms with van der Waals surface area (Å²) in [5, 5.41) is 0.540. The molecular formula is C21H23ClN2O5S. The number of halogens is 1. The number of aryl methyl sites for hydroxylation is 2. The number of fused-ring (bicyclic) bond motifs is 1. The molecule has 2 aliphatic rings. The van der Waals surface area contributed by atoms with Crippen LogP contribution in [0.5, 0.6) is 11.5 Å². The number of nitrogens with zero attached hydrogens (tertiary/aromatic N) is 2. The molecule has 0 aliphatic carbocycles. The third-order valence-corrected chi connectivity index (χ3v) is 7.86. The molecule has 30 heavy (non-hydrogen) atoms. The van der Waals surface area contributed by atoms with E-state index in [0.29, 0.717) is 40.7 Å². The first-order valence-electron chi connectivity index (χ1n) is 9.71. The number of para-hydroxylation sites is 2. The first kappa shape index (κ1) is 21.0. The minimum atomic E-state index is -3.67. The first-order chi connectivity index (χ1) is 14.3. The maximum absolute atomic E-state index is 13.1. The summed E-state index contributed by atoms with van der Waals surface area (Å²) in [6, 6.07) is 10.5. The van der Waals surface area contributed by atoms with E-state index in [-0.39, 0.29) is 30.5 Å². The summed E-state index contributed by atoms with van der Waals surface area (Å²) in [5.41, 5.74) is 1.32. The fourth-order valence-electron chi connectivity index (χ4n) is 3.67. The van der Waals surface area contributed by atoms with Crippen LogP contribution in [0, 0.1) is 13.8 Å². The molecule has 0 bridgehead atoms. The van der Waals surface area contributed by atoms with Gasteiger partial charge in [-0.1, -0.05) is 23.7 Å². The van der Waals surface area contributed by atoms with Crippen molar-refractivity contribution in [1.82, 2.24) is 9.21 Å². The van der Waals surface area contributed by atoms with Gasteiger partial charge in [0.15, 0.2) is 11.5 Å². The van der Waals surface area contributed by atoms with Gasteiger partial charge in [0.1, 0.15) is 6.61 Å². The Hall–Kier alpha value is -2.29. The zero-order valence-electron chi connectivity index (χ0n) is 16.8. The van der Waals surface area contributed by atoms with Crippen molar-refractivity contribution >= 4 is 27.5 Å². The highest BCUT2D eigenvalue weighted by Gasteiger charge is 2.35. The summed E-state index contributed by atoms with van der Waals surface area (Å²) in [7, 11) is -3.67. The maximum atomic E-state index is 13.1. The van der Waals surface area contributed by atoms with E-state index in [9.17, 15) is 13.2 Å². The monoisotopic (exact) mass is 450 g/mol. The number of carbonyl (C=O) groups is 1. The quantitative estimate of drug-likeness (QED) is 0.718. The van der Waals surface area contributed by atoms with Crippen LogP contribution < -0.4 is 9.47 Å². The van der Waals surface area contributed by atoms with Gasteiger partial charge in [0.2, 0.25) is 16.1 Å². The number of ether oxygens (including phenoxy) is 2. The summed E-state index contributed by atoms with van der Waals surface area (Å²) in [6.45, 7) is 4.69. The van der Waals surface area contributed by atoms with Crippen molar-refractivity contribution in [3.8, 4) is 11.5 Å². The Kier molecular flexibility index (Phi) is 5.65. The lowest BCUT2D eigenvalue weighted by atomic mass is 10.2. The first-order valence-corrected chi connectivity index (χ1v) is 11.5. The molecule has 9 heteroatoms. The number of rotatable bonds is 3. The van der Waals surface area contributed by atoms with Crippen LogP contribution in [0.25, 0.3) is 0 Å². The second kappa shape index (κ2) is 8.09. The normalized spacial score (nSPS) is 19.6. The Morgan fingerprint density at radius 3 is 2.40 bits per heavy atom. The molecule has 2 aromatic carbocycles. The Balaban J connectivity index is 1.43. The molecule has 2 heterocycles. The molecule has 2 aromatic rings. The summed E-state index contributed by atoms with van der Waals surface area (Å²) in [4.78, 5) is 14.8. The fraction of sp³-hybridized carbons (Fsp3) is 0.381. The predicted molar refractivity (Wildman–Crippen MR) is 113 cm³/mol. The van der Waals surface area contributed by atoms with Crippen molar-refractivity contribution in [1.29, 1.82) is 0 Å². The van der Waals surface area contributed by atoms with Gasteiger partial charge in [-0.3, -0.25) is 4.79 Å². The minimum Gasteiger partial charge on any atom is -0.485 e. The van der Waals surface area contributed by atoms with E-state index < -0.39 is 16.1 Å². The van der Waals surface area contributed by atoms with Crippen LogP contribution in [0.15, 0.2) is 41.3 Å². The van der Waals surface area contributed by atoms with Crippen LogP contribution in [-0.4, -0.2) is 62.4 Å². The van der Waals surface area contributed by atoms with Gasteiger partial charge < -0.3 is 14.4 Å². The van der Waals surface area contributed by atoms with E-state index >= 15 is 0 Å². The van der Waals surface area contributed by atoms with Gasteiger partial charge in [0.05, 0.1) is 4.90 Å². The molecule has 0 spiro atoms. The number of carbonyl (C=O) groups excluding carboxylic acids is 1. The van der Waals surface area contributed by atoms with Gasteiger partial charge in [-0.15, -0.1) is 0 Å². The Morgan fingerprint density at radius 1 is 1.03 bits per heavy atom. The molecule has 1 saturated heterocycles. The standard InChI is InChI=1S/C21H23ClN2O5S/c1-14-12-20(15(2)11-16(14)22)30(26,27)24-9-7-23(8-10-24)21(25)19-13-28-17-5-3-4-6-18(17)29-19/h3-6,11-12,19H,7-10,13H2,1-2H3. The lowest BCUT2D eigenvalue weighted by Gasteiger charge is -2.36. The lowest BCUT2D eigenvalue weighted by Crippen LogP contribution is -2.55. The smallest absolute Gasteiger partial charge is 0.267 e. The van der Waals surface area contributed by atoms with E-state index in [4.69, 9.17) is 21.1 Å². The molecule has 1 unspecified atom stereocenters. The van der Waals surface area contributed by atoms with Crippen LogP contribution in [0.1, 0.15) is 11.1 Å². The third kappa shape index (κ3) is 3.87. The summed E-state index contributed by atoms with van der Waals surface area (Å²) >= 11 is 6.11. The molecule has 0 aromatic heterocycles. The zero-order chi connectivity index (χ0) is 21.5. The van der Waals surface area contributed by atoms with Crippen molar-refractivity contribution in [2.24, 2.45) is 0 Å². The average molecular weight is 451 g/mol. The molecule has 0 saturated carbocycles. The largest absolute Gasteiger partial charge is 0.485 e. The van der Waals surface area contributed by atoms with Crippen molar-refractivity contribution < 1.29 is 22.7 Å². The van der Waals surface area contributed by atoms with Crippen LogP contribution >= 0.6 is 11.6 Å². The van der Waals surface area contributed by atoms with Gasteiger partial charge in [0.25, 0.3) is 5.91 Å². The number of amides is 1. The minimum absolute atomic E-state index is 0.137. The highest BCUT2D eigenvalue weighted by atomic mass is 35.5. The molecule has 7 nitrogen and oxygen atoms in total. The number of sulfonamides is 1. The number of piperazine rings is 1. The Bertz CT molecular complexity index is 1080. The van der Waals surface area contributed by atoms with Crippen LogP contribution in [0.4, 0.5) is 0 Å². The molecule has 160 valence electrons. The molecular weight excluding hydrogens is 428 g/mol. The fourth-order valence-corrected chi connectivity index (χ4v) is 5.60. The molecule has 1 fully saturated rings. The van der Waals surface area contributed by atoms with Crippen LogP contribution in [0.2, 0.25) is 5.02 Å². The van der Waals surface area contributed by atoms with E-state index in [2.05, 4.69) is 0 Å². The van der Waals surface area contributed by atoms with Crippen molar-refractivity contribution in [2.45, 2.75) is 24.8 Å².